The topological polar surface area (TPSA) is 87.7 Å². The van der Waals surface area contributed by atoms with E-state index in [1.165, 1.54) is 12.1 Å². The molecule has 1 atom stereocenters. The van der Waals surface area contributed by atoms with Gasteiger partial charge in [0.05, 0.1) is 12.5 Å². The number of rotatable bonds is 4. The van der Waals surface area contributed by atoms with Gasteiger partial charge in [0.1, 0.15) is 18.2 Å². The van der Waals surface area contributed by atoms with Gasteiger partial charge in [0.15, 0.2) is 0 Å². The number of ether oxygens (including phenoxy) is 1. The Kier molecular flexibility index (Phi) is 4.39. The SMILES string of the molecule is O=C(O)CCNC(=O)NC1COc2ccc(F)cc2C1. The molecule has 1 aliphatic rings. The molecule has 0 aliphatic carbocycles. The number of fused-ring (bicyclic) bond motifs is 1. The minimum Gasteiger partial charge on any atom is -0.491 e. The van der Waals surface area contributed by atoms with Crippen LogP contribution in [0.3, 0.4) is 0 Å². The van der Waals surface area contributed by atoms with Gasteiger partial charge < -0.3 is 20.5 Å². The number of amides is 2. The van der Waals surface area contributed by atoms with E-state index >= 15 is 0 Å². The molecule has 7 heteroatoms. The highest BCUT2D eigenvalue weighted by Gasteiger charge is 2.21. The van der Waals surface area contributed by atoms with Crippen LogP contribution in [0.2, 0.25) is 0 Å². The minimum absolute atomic E-state index is 0.0555. The van der Waals surface area contributed by atoms with Crippen LogP contribution in [-0.4, -0.2) is 36.3 Å². The largest absolute Gasteiger partial charge is 0.491 e. The van der Waals surface area contributed by atoms with Crippen LogP contribution < -0.4 is 15.4 Å². The molecule has 2 rings (SSSR count). The summed E-state index contributed by atoms with van der Waals surface area (Å²) < 4.78 is 18.5. The lowest BCUT2D eigenvalue weighted by Crippen LogP contribution is -2.47. The molecule has 0 spiro atoms. The second-order valence-electron chi connectivity index (χ2n) is 4.51. The number of benzene rings is 1. The van der Waals surface area contributed by atoms with E-state index in [0.29, 0.717) is 24.3 Å². The minimum atomic E-state index is -0.976. The maximum atomic E-state index is 13.1. The van der Waals surface area contributed by atoms with E-state index in [9.17, 15) is 14.0 Å². The fourth-order valence-electron chi connectivity index (χ4n) is 1.98. The Labute approximate surface area is 114 Å². The van der Waals surface area contributed by atoms with Crippen molar-refractivity contribution in [3.63, 3.8) is 0 Å². The number of carboxylic acid groups (broad SMARTS) is 1. The summed E-state index contributed by atoms with van der Waals surface area (Å²) in [4.78, 5) is 21.8. The molecule has 0 bridgehead atoms. The van der Waals surface area contributed by atoms with Crippen molar-refractivity contribution >= 4 is 12.0 Å². The van der Waals surface area contributed by atoms with Gasteiger partial charge in [-0.15, -0.1) is 0 Å². The number of nitrogens with one attached hydrogen (secondary N) is 2. The molecule has 6 nitrogen and oxygen atoms in total. The number of halogens is 1. The molecule has 1 aromatic carbocycles. The molecule has 0 fully saturated rings. The van der Waals surface area contributed by atoms with Gasteiger partial charge in [0.2, 0.25) is 0 Å². The van der Waals surface area contributed by atoms with E-state index in [1.807, 2.05) is 0 Å². The van der Waals surface area contributed by atoms with Gasteiger partial charge >= 0.3 is 12.0 Å². The number of carbonyl (C=O) groups excluding carboxylic acids is 1. The predicted molar refractivity (Wildman–Crippen MR) is 68.2 cm³/mol. The normalized spacial score (nSPS) is 16.8. The van der Waals surface area contributed by atoms with E-state index in [-0.39, 0.29) is 24.8 Å². The molecular formula is C13H15FN2O4. The van der Waals surface area contributed by atoms with E-state index in [4.69, 9.17) is 9.84 Å². The molecule has 108 valence electrons. The van der Waals surface area contributed by atoms with E-state index in [0.717, 1.165) is 0 Å². The zero-order valence-electron chi connectivity index (χ0n) is 10.7. The lowest BCUT2D eigenvalue weighted by atomic mass is 10.0. The van der Waals surface area contributed by atoms with E-state index < -0.39 is 12.0 Å². The van der Waals surface area contributed by atoms with Crippen molar-refractivity contribution in [3.8, 4) is 5.75 Å². The lowest BCUT2D eigenvalue weighted by Gasteiger charge is -2.26. The maximum Gasteiger partial charge on any atom is 0.315 e. The van der Waals surface area contributed by atoms with Crippen LogP contribution in [0.4, 0.5) is 9.18 Å². The average Bonchev–Trinajstić information content (AvgIpc) is 2.37. The zero-order valence-corrected chi connectivity index (χ0v) is 10.7. The number of urea groups is 1. The van der Waals surface area contributed by atoms with Crippen LogP contribution in [0.25, 0.3) is 0 Å². The summed E-state index contributed by atoms with van der Waals surface area (Å²) in [6, 6.07) is 3.54. The van der Waals surface area contributed by atoms with Crippen molar-refractivity contribution in [3.05, 3.63) is 29.6 Å². The van der Waals surface area contributed by atoms with Gasteiger partial charge in [0.25, 0.3) is 0 Å². The van der Waals surface area contributed by atoms with Crippen LogP contribution >= 0.6 is 0 Å². The fourth-order valence-corrected chi connectivity index (χ4v) is 1.98. The highest BCUT2D eigenvalue weighted by atomic mass is 19.1. The quantitative estimate of drug-likeness (QED) is 0.765. The Hall–Kier alpha value is -2.31. The van der Waals surface area contributed by atoms with Crippen molar-refractivity contribution < 1.29 is 23.8 Å². The Morgan fingerprint density at radius 3 is 3.00 bits per heavy atom. The second kappa shape index (κ2) is 6.23. The molecule has 1 aliphatic heterocycles. The highest BCUT2D eigenvalue weighted by Crippen LogP contribution is 2.25. The Morgan fingerprint density at radius 2 is 2.25 bits per heavy atom. The third kappa shape index (κ3) is 3.84. The standard InChI is InChI=1S/C13H15FN2O4/c14-9-1-2-11-8(5-9)6-10(7-20-11)16-13(19)15-4-3-12(17)18/h1-2,5,10H,3-4,6-7H2,(H,17,18)(H2,15,16,19). The van der Waals surface area contributed by atoms with Gasteiger partial charge in [-0.3, -0.25) is 4.79 Å². The van der Waals surface area contributed by atoms with Gasteiger partial charge in [-0.1, -0.05) is 0 Å². The molecule has 20 heavy (non-hydrogen) atoms. The molecule has 0 radical (unpaired) electrons. The van der Waals surface area contributed by atoms with Gasteiger partial charge in [0, 0.05) is 6.54 Å². The number of hydrogen-bond donors (Lipinski definition) is 3. The smallest absolute Gasteiger partial charge is 0.315 e. The summed E-state index contributed by atoms with van der Waals surface area (Å²) in [5.41, 5.74) is 0.701. The summed E-state index contributed by atoms with van der Waals surface area (Å²) in [5, 5.41) is 13.6. The molecule has 0 saturated carbocycles. The van der Waals surface area contributed by atoms with Crippen molar-refractivity contribution in [2.75, 3.05) is 13.2 Å². The summed E-state index contributed by atoms with van der Waals surface area (Å²) >= 11 is 0. The molecule has 1 heterocycles. The zero-order chi connectivity index (χ0) is 14.5. The van der Waals surface area contributed by atoms with Crippen LogP contribution in [0.1, 0.15) is 12.0 Å². The third-order valence-electron chi connectivity index (χ3n) is 2.89. The molecule has 1 unspecified atom stereocenters. The van der Waals surface area contributed by atoms with Crippen LogP contribution in [0.5, 0.6) is 5.75 Å². The number of hydrogen-bond acceptors (Lipinski definition) is 3. The average molecular weight is 282 g/mol. The molecule has 2 amide bonds. The van der Waals surface area contributed by atoms with Crippen molar-refractivity contribution in [2.45, 2.75) is 18.9 Å². The van der Waals surface area contributed by atoms with Crippen LogP contribution in [-0.2, 0) is 11.2 Å². The molecule has 3 N–H and O–H groups in total. The Morgan fingerprint density at radius 1 is 1.45 bits per heavy atom. The monoisotopic (exact) mass is 282 g/mol. The van der Waals surface area contributed by atoms with Crippen molar-refractivity contribution in [2.24, 2.45) is 0 Å². The van der Waals surface area contributed by atoms with Gasteiger partial charge in [-0.05, 0) is 30.2 Å². The van der Waals surface area contributed by atoms with E-state index in [2.05, 4.69) is 10.6 Å². The fraction of sp³-hybridized carbons (Fsp3) is 0.385. The number of carboxylic acids is 1. The molecule has 1 aromatic rings. The van der Waals surface area contributed by atoms with Crippen molar-refractivity contribution in [1.29, 1.82) is 0 Å². The number of carbonyl (C=O) groups is 2. The molecule has 0 aromatic heterocycles. The summed E-state index contributed by atoms with van der Waals surface area (Å²) in [6.07, 6.45) is 0.335. The van der Waals surface area contributed by atoms with Crippen LogP contribution in [0.15, 0.2) is 18.2 Å². The lowest BCUT2D eigenvalue weighted by molar-refractivity contribution is -0.136. The molecular weight excluding hydrogens is 267 g/mol. The first-order valence-corrected chi connectivity index (χ1v) is 6.22. The highest BCUT2D eigenvalue weighted by molar-refractivity contribution is 5.75. The Bertz CT molecular complexity index is 521. The third-order valence-corrected chi connectivity index (χ3v) is 2.89. The van der Waals surface area contributed by atoms with Crippen LogP contribution in [0, 0.1) is 5.82 Å². The first-order valence-electron chi connectivity index (χ1n) is 6.22. The van der Waals surface area contributed by atoms with Gasteiger partial charge in [-0.25, -0.2) is 9.18 Å². The summed E-state index contributed by atoms with van der Waals surface area (Å²) in [5.74, 6) is -0.703. The number of aliphatic carboxylic acids is 1. The first-order chi connectivity index (χ1) is 9.54. The van der Waals surface area contributed by atoms with E-state index in [1.54, 1.807) is 6.07 Å². The Balaban J connectivity index is 1.83. The first kappa shape index (κ1) is 14.1. The summed E-state index contributed by atoms with van der Waals surface area (Å²) in [6.45, 7) is 0.352. The van der Waals surface area contributed by atoms with Crippen molar-refractivity contribution in [1.82, 2.24) is 10.6 Å². The predicted octanol–water partition coefficient (Wildman–Crippen LogP) is 0.903. The summed E-state index contributed by atoms with van der Waals surface area (Å²) in [7, 11) is 0. The molecule has 0 saturated heterocycles. The van der Waals surface area contributed by atoms with Gasteiger partial charge in [-0.2, -0.15) is 0 Å². The maximum absolute atomic E-state index is 13.1. The second-order valence-corrected chi connectivity index (χ2v) is 4.51.